The number of hydrogen-bond donors (Lipinski definition) is 0. The van der Waals surface area contributed by atoms with Crippen LogP contribution in [0.1, 0.15) is 82.6 Å². The van der Waals surface area contributed by atoms with Crippen molar-refractivity contribution in [3.63, 3.8) is 0 Å². The Morgan fingerprint density at radius 1 is 0.850 bits per heavy atom. The van der Waals surface area contributed by atoms with Gasteiger partial charge in [-0.05, 0) is 30.7 Å². The summed E-state index contributed by atoms with van der Waals surface area (Å²) >= 11 is 0. The molecule has 0 aliphatic rings. The van der Waals surface area contributed by atoms with Gasteiger partial charge in [-0.25, -0.2) is 0 Å². The largest absolute Gasteiger partial charge is 0.103 e. The molecule has 0 saturated carbocycles. The zero-order valence-electron chi connectivity index (χ0n) is 13.3. The van der Waals surface area contributed by atoms with Gasteiger partial charge in [0.25, 0.3) is 0 Å². The molecule has 1 atom stereocenters. The van der Waals surface area contributed by atoms with Gasteiger partial charge in [-0.2, -0.15) is 0 Å². The first-order valence-corrected chi connectivity index (χ1v) is 8.50. The predicted octanol–water partition coefficient (Wildman–Crippen LogP) is 6.88. The SMILES string of the molecule is C=CCCCCCCCCCCC(C)c1ccccc1. The average Bonchev–Trinajstić information content (AvgIpc) is 2.50. The summed E-state index contributed by atoms with van der Waals surface area (Å²) < 4.78 is 0. The van der Waals surface area contributed by atoms with E-state index in [-0.39, 0.29) is 0 Å². The fourth-order valence-electron chi connectivity index (χ4n) is 2.75. The molecule has 0 saturated heterocycles. The summed E-state index contributed by atoms with van der Waals surface area (Å²) in [6, 6.07) is 10.9. The van der Waals surface area contributed by atoms with Crippen molar-refractivity contribution >= 4 is 0 Å². The van der Waals surface area contributed by atoms with E-state index in [4.69, 9.17) is 0 Å². The van der Waals surface area contributed by atoms with E-state index in [0.717, 1.165) is 5.92 Å². The lowest BCUT2D eigenvalue weighted by Gasteiger charge is -2.11. The molecule has 1 aromatic carbocycles. The molecule has 0 bridgehead atoms. The molecule has 0 aromatic heterocycles. The first kappa shape index (κ1) is 17.0. The van der Waals surface area contributed by atoms with E-state index >= 15 is 0 Å². The molecular formula is C20H32. The summed E-state index contributed by atoms with van der Waals surface area (Å²) in [5.74, 6) is 0.718. The van der Waals surface area contributed by atoms with E-state index in [0.29, 0.717) is 0 Å². The highest BCUT2D eigenvalue weighted by Gasteiger charge is 2.03. The molecule has 0 aliphatic heterocycles. The number of rotatable bonds is 12. The van der Waals surface area contributed by atoms with Crippen LogP contribution in [0.2, 0.25) is 0 Å². The standard InChI is InChI=1S/C20H32/c1-3-4-5-6-7-8-9-10-11-13-16-19(2)20-17-14-12-15-18-20/h3,12,14-15,17-19H,1,4-11,13,16H2,2H3. The highest BCUT2D eigenvalue weighted by molar-refractivity contribution is 5.18. The van der Waals surface area contributed by atoms with Crippen LogP contribution in [-0.2, 0) is 0 Å². The van der Waals surface area contributed by atoms with Crippen LogP contribution < -0.4 is 0 Å². The Bertz CT molecular complexity index is 325. The third-order valence-corrected chi connectivity index (χ3v) is 4.16. The maximum atomic E-state index is 3.76. The second-order valence-electron chi connectivity index (χ2n) is 6.01. The minimum Gasteiger partial charge on any atom is -0.103 e. The van der Waals surface area contributed by atoms with E-state index < -0.39 is 0 Å². The van der Waals surface area contributed by atoms with Crippen LogP contribution in [0.3, 0.4) is 0 Å². The monoisotopic (exact) mass is 272 g/mol. The maximum absolute atomic E-state index is 3.76. The van der Waals surface area contributed by atoms with Gasteiger partial charge in [0.05, 0.1) is 0 Å². The maximum Gasteiger partial charge on any atom is -0.0190 e. The molecule has 0 fully saturated rings. The van der Waals surface area contributed by atoms with E-state index in [1.165, 1.54) is 69.8 Å². The van der Waals surface area contributed by atoms with E-state index in [2.05, 4.69) is 43.8 Å². The van der Waals surface area contributed by atoms with Crippen LogP contribution in [-0.4, -0.2) is 0 Å². The van der Waals surface area contributed by atoms with Gasteiger partial charge in [0.2, 0.25) is 0 Å². The van der Waals surface area contributed by atoms with Crippen molar-refractivity contribution in [1.82, 2.24) is 0 Å². The summed E-state index contributed by atoms with van der Waals surface area (Å²) in [4.78, 5) is 0. The van der Waals surface area contributed by atoms with Crippen molar-refractivity contribution in [3.8, 4) is 0 Å². The quantitative estimate of drug-likeness (QED) is 0.287. The zero-order chi connectivity index (χ0) is 14.5. The van der Waals surface area contributed by atoms with Crippen LogP contribution >= 0.6 is 0 Å². The predicted molar refractivity (Wildman–Crippen MR) is 91.2 cm³/mol. The van der Waals surface area contributed by atoms with Crippen LogP contribution in [0.4, 0.5) is 0 Å². The Labute approximate surface area is 126 Å². The zero-order valence-corrected chi connectivity index (χ0v) is 13.3. The topological polar surface area (TPSA) is 0 Å². The second-order valence-corrected chi connectivity index (χ2v) is 6.01. The van der Waals surface area contributed by atoms with E-state index in [9.17, 15) is 0 Å². The Kier molecular flexibility index (Phi) is 10.0. The summed E-state index contributed by atoms with van der Waals surface area (Å²) in [6.45, 7) is 6.12. The van der Waals surface area contributed by atoms with Gasteiger partial charge in [0, 0.05) is 0 Å². The number of benzene rings is 1. The highest BCUT2D eigenvalue weighted by Crippen LogP contribution is 2.21. The van der Waals surface area contributed by atoms with Crippen molar-refractivity contribution in [2.24, 2.45) is 0 Å². The second kappa shape index (κ2) is 11.8. The van der Waals surface area contributed by atoms with Crippen molar-refractivity contribution in [2.75, 3.05) is 0 Å². The van der Waals surface area contributed by atoms with Gasteiger partial charge in [0.1, 0.15) is 0 Å². The van der Waals surface area contributed by atoms with Gasteiger partial charge in [0.15, 0.2) is 0 Å². The highest BCUT2D eigenvalue weighted by atomic mass is 14.1. The molecule has 0 heteroatoms. The van der Waals surface area contributed by atoms with Gasteiger partial charge < -0.3 is 0 Å². The summed E-state index contributed by atoms with van der Waals surface area (Å²) in [5.41, 5.74) is 1.50. The Morgan fingerprint density at radius 2 is 1.40 bits per heavy atom. The normalized spacial score (nSPS) is 12.2. The molecule has 0 amide bonds. The van der Waals surface area contributed by atoms with Gasteiger partial charge in [-0.3, -0.25) is 0 Å². The molecule has 0 radical (unpaired) electrons. The fraction of sp³-hybridized carbons (Fsp3) is 0.600. The molecule has 1 unspecified atom stereocenters. The molecule has 0 N–H and O–H groups in total. The number of allylic oxidation sites excluding steroid dienone is 1. The lowest BCUT2D eigenvalue weighted by molar-refractivity contribution is 0.541. The van der Waals surface area contributed by atoms with Gasteiger partial charge in [-0.15, -0.1) is 6.58 Å². The first-order chi connectivity index (χ1) is 9.84. The molecular weight excluding hydrogens is 240 g/mol. The van der Waals surface area contributed by atoms with Crippen molar-refractivity contribution in [1.29, 1.82) is 0 Å². The average molecular weight is 272 g/mol. The van der Waals surface area contributed by atoms with Crippen LogP contribution in [0.5, 0.6) is 0 Å². The minimum atomic E-state index is 0.718. The van der Waals surface area contributed by atoms with Crippen LogP contribution in [0, 0.1) is 0 Å². The van der Waals surface area contributed by atoms with Crippen molar-refractivity contribution in [3.05, 3.63) is 48.6 Å². The molecule has 0 heterocycles. The number of hydrogen-bond acceptors (Lipinski definition) is 0. The third kappa shape index (κ3) is 8.19. The summed E-state index contributed by atoms with van der Waals surface area (Å²) in [6.07, 6.45) is 15.7. The lowest BCUT2D eigenvalue weighted by Crippen LogP contribution is -1.93. The molecule has 1 aromatic rings. The smallest absolute Gasteiger partial charge is 0.0190 e. The van der Waals surface area contributed by atoms with Crippen molar-refractivity contribution in [2.45, 2.75) is 77.0 Å². The lowest BCUT2D eigenvalue weighted by atomic mass is 9.95. The Balaban J connectivity index is 1.91. The Hall–Kier alpha value is -1.04. The first-order valence-electron chi connectivity index (χ1n) is 8.50. The summed E-state index contributed by atoms with van der Waals surface area (Å²) in [7, 11) is 0. The molecule has 112 valence electrons. The Morgan fingerprint density at radius 3 is 2.00 bits per heavy atom. The molecule has 0 nitrogen and oxygen atoms in total. The van der Waals surface area contributed by atoms with E-state index in [1.807, 2.05) is 6.08 Å². The van der Waals surface area contributed by atoms with Crippen molar-refractivity contribution < 1.29 is 0 Å². The van der Waals surface area contributed by atoms with Crippen LogP contribution in [0.15, 0.2) is 43.0 Å². The number of unbranched alkanes of at least 4 members (excludes halogenated alkanes) is 8. The third-order valence-electron chi connectivity index (χ3n) is 4.16. The molecule has 0 spiro atoms. The summed E-state index contributed by atoms with van der Waals surface area (Å²) in [5, 5.41) is 0. The molecule has 0 aliphatic carbocycles. The van der Waals surface area contributed by atoms with Gasteiger partial charge in [-0.1, -0.05) is 88.3 Å². The van der Waals surface area contributed by atoms with E-state index in [1.54, 1.807) is 0 Å². The minimum absolute atomic E-state index is 0.718. The molecule has 20 heavy (non-hydrogen) atoms. The fourth-order valence-corrected chi connectivity index (χ4v) is 2.75. The van der Waals surface area contributed by atoms with Gasteiger partial charge >= 0.3 is 0 Å². The van der Waals surface area contributed by atoms with Crippen LogP contribution in [0.25, 0.3) is 0 Å². The molecule has 1 rings (SSSR count).